The fourth-order valence-electron chi connectivity index (χ4n) is 7.78. The van der Waals surface area contributed by atoms with E-state index in [4.69, 9.17) is 0 Å². The number of allylic oxidation sites excluding steroid dienone is 3. The standard InChI is InChI=1S/C31H54O3/c1-6-7-8-12-23(25-19-26(32)21-27(33)20-25)18-24-13-10-17-31(5)28(14-15-29(24)31)22(2)11-9-16-30(3,4)34/h18,22,26-29,32-34H,6-17,19-21H2,1-5H3/b24-18+/t22-,26-,27-,28-,29+,31-/m1/s1. The van der Waals surface area contributed by atoms with Crippen LogP contribution < -0.4 is 0 Å². The molecule has 0 bridgehead atoms. The minimum Gasteiger partial charge on any atom is -0.393 e. The third kappa shape index (κ3) is 7.20. The van der Waals surface area contributed by atoms with Gasteiger partial charge in [0.25, 0.3) is 0 Å². The summed E-state index contributed by atoms with van der Waals surface area (Å²) in [5.41, 5.74) is 4.26. The van der Waals surface area contributed by atoms with Crippen LogP contribution in [-0.4, -0.2) is 33.1 Å². The number of aliphatic hydroxyl groups is 3. The molecule has 0 unspecified atom stereocenters. The Kier molecular flexibility index (Phi) is 9.91. The lowest BCUT2D eigenvalue weighted by Crippen LogP contribution is -2.36. The van der Waals surface area contributed by atoms with Crippen LogP contribution in [0.15, 0.2) is 22.8 Å². The summed E-state index contributed by atoms with van der Waals surface area (Å²) in [5.74, 6) is 2.17. The van der Waals surface area contributed by atoms with Gasteiger partial charge in [-0.15, -0.1) is 0 Å². The monoisotopic (exact) mass is 474 g/mol. The number of hydrogen-bond acceptors (Lipinski definition) is 3. The molecular formula is C31H54O3. The van der Waals surface area contributed by atoms with Gasteiger partial charge in [0.1, 0.15) is 0 Å². The van der Waals surface area contributed by atoms with Gasteiger partial charge in [0.05, 0.1) is 17.8 Å². The first-order valence-electron chi connectivity index (χ1n) is 14.5. The molecule has 3 aliphatic rings. The highest BCUT2D eigenvalue weighted by atomic mass is 16.3. The van der Waals surface area contributed by atoms with Crippen molar-refractivity contribution in [3.63, 3.8) is 0 Å². The summed E-state index contributed by atoms with van der Waals surface area (Å²) in [6.07, 6.45) is 18.3. The van der Waals surface area contributed by atoms with Crippen molar-refractivity contribution in [2.75, 3.05) is 0 Å². The Morgan fingerprint density at radius 2 is 1.82 bits per heavy atom. The Morgan fingerprint density at radius 3 is 2.47 bits per heavy atom. The van der Waals surface area contributed by atoms with Gasteiger partial charge in [0.2, 0.25) is 0 Å². The predicted molar refractivity (Wildman–Crippen MR) is 143 cm³/mol. The minimum atomic E-state index is -0.551. The van der Waals surface area contributed by atoms with Gasteiger partial charge in [-0.1, -0.05) is 63.7 Å². The molecule has 0 aromatic rings. The molecule has 0 aromatic heterocycles. The van der Waals surface area contributed by atoms with Crippen molar-refractivity contribution < 1.29 is 15.3 Å². The van der Waals surface area contributed by atoms with Gasteiger partial charge in [-0.3, -0.25) is 0 Å². The van der Waals surface area contributed by atoms with Gasteiger partial charge < -0.3 is 15.3 Å². The summed E-state index contributed by atoms with van der Waals surface area (Å²) >= 11 is 0. The minimum absolute atomic E-state index is 0.392. The first kappa shape index (κ1) is 27.9. The molecule has 3 aliphatic carbocycles. The molecule has 34 heavy (non-hydrogen) atoms. The van der Waals surface area contributed by atoms with Gasteiger partial charge >= 0.3 is 0 Å². The molecule has 0 aliphatic heterocycles. The molecule has 6 atom stereocenters. The van der Waals surface area contributed by atoms with Crippen LogP contribution in [0.5, 0.6) is 0 Å². The van der Waals surface area contributed by atoms with Crippen molar-refractivity contribution in [1.29, 1.82) is 0 Å². The molecular weight excluding hydrogens is 420 g/mol. The van der Waals surface area contributed by atoms with E-state index in [1.165, 1.54) is 68.9 Å². The van der Waals surface area contributed by atoms with Crippen LogP contribution in [0.25, 0.3) is 0 Å². The van der Waals surface area contributed by atoms with Crippen LogP contribution in [0.4, 0.5) is 0 Å². The van der Waals surface area contributed by atoms with Crippen molar-refractivity contribution >= 4 is 0 Å². The fourth-order valence-corrected chi connectivity index (χ4v) is 7.78. The molecule has 3 rings (SSSR count). The first-order chi connectivity index (χ1) is 16.0. The van der Waals surface area contributed by atoms with Gasteiger partial charge in [-0.05, 0) is 113 Å². The maximum atomic E-state index is 10.4. The molecule has 3 N–H and O–H groups in total. The third-order valence-electron chi connectivity index (χ3n) is 9.54. The smallest absolute Gasteiger partial charge is 0.0602 e. The van der Waals surface area contributed by atoms with E-state index < -0.39 is 17.8 Å². The van der Waals surface area contributed by atoms with Crippen molar-refractivity contribution in [3.05, 3.63) is 22.8 Å². The lowest BCUT2D eigenvalue weighted by atomic mass is 9.60. The van der Waals surface area contributed by atoms with E-state index >= 15 is 0 Å². The van der Waals surface area contributed by atoms with E-state index in [9.17, 15) is 15.3 Å². The van der Waals surface area contributed by atoms with E-state index in [1.807, 2.05) is 13.8 Å². The summed E-state index contributed by atoms with van der Waals surface area (Å²) in [6, 6.07) is 0. The number of fused-ring (bicyclic) bond motifs is 1. The normalized spacial score (nSPS) is 34.4. The lowest BCUT2D eigenvalue weighted by Gasteiger charge is -2.44. The van der Waals surface area contributed by atoms with Gasteiger partial charge in [0, 0.05) is 0 Å². The topological polar surface area (TPSA) is 60.7 Å². The highest BCUT2D eigenvalue weighted by Gasteiger charge is 2.50. The van der Waals surface area contributed by atoms with Crippen molar-refractivity contribution in [3.8, 4) is 0 Å². The number of hydrogen-bond donors (Lipinski definition) is 3. The lowest BCUT2D eigenvalue weighted by molar-refractivity contribution is 0.0589. The van der Waals surface area contributed by atoms with Crippen molar-refractivity contribution in [2.24, 2.45) is 23.2 Å². The average Bonchev–Trinajstić information content (AvgIpc) is 3.09. The highest BCUT2D eigenvalue weighted by molar-refractivity contribution is 5.34. The fraction of sp³-hybridized carbons (Fsp3) is 0.871. The van der Waals surface area contributed by atoms with E-state index in [2.05, 4.69) is 26.8 Å². The van der Waals surface area contributed by atoms with Gasteiger partial charge in [0.15, 0.2) is 0 Å². The Hall–Kier alpha value is -0.640. The zero-order valence-electron chi connectivity index (χ0n) is 22.9. The molecule has 3 nitrogen and oxygen atoms in total. The number of unbranched alkanes of at least 4 members (excludes halogenated alkanes) is 2. The quantitative estimate of drug-likeness (QED) is 0.287. The number of rotatable bonds is 10. The second-order valence-corrected chi connectivity index (χ2v) is 13.0. The maximum absolute atomic E-state index is 10.4. The summed E-state index contributed by atoms with van der Waals surface area (Å²) in [7, 11) is 0. The molecule has 0 radical (unpaired) electrons. The largest absolute Gasteiger partial charge is 0.393 e. The Labute approximate surface area is 210 Å². The molecule has 3 saturated carbocycles. The zero-order valence-corrected chi connectivity index (χ0v) is 22.9. The second kappa shape index (κ2) is 12.1. The second-order valence-electron chi connectivity index (χ2n) is 13.0. The maximum Gasteiger partial charge on any atom is 0.0602 e. The van der Waals surface area contributed by atoms with E-state index in [-0.39, 0.29) is 0 Å². The highest BCUT2D eigenvalue weighted by Crippen LogP contribution is 2.60. The van der Waals surface area contributed by atoms with Crippen LogP contribution in [0, 0.1) is 23.2 Å². The summed E-state index contributed by atoms with van der Waals surface area (Å²) in [5, 5.41) is 30.8. The summed E-state index contributed by atoms with van der Waals surface area (Å²) in [6.45, 7) is 11.2. The SMILES string of the molecule is CCCCCC(/C=C1\CCC[C@]2(C)[C@@H]([C@H](C)CCCC(C)(C)O)CC[C@@H]12)=C1C[C@@H](O)C[C@H](O)C1. The van der Waals surface area contributed by atoms with Crippen molar-refractivity contribution in [1.82, 2.24) is 0 Å². The van der Waals surface area contributed by atoms with Crippen LogP contribution in [-0.2, 0) is 0 Å². The Balaban J connectivity index is 1.78. The van der Waals surface area contributed by atoms with Crippen LogP contribution >= 0.6 is 0 Å². The first-order valence-corrected chi connectivity index (χ1v) is 14.5. The van der Waals surface area contributed by atoms with Crippen molar-refractivity contribution in [2.45, 2.75) is 149 Å². The number of aliphatic hydroxyl groups excluding tert-OH is 2. The molecule has 3 heteroatoms. The summed E-state index contributed by atoms with van der Waals surface area (Å²) in [4.78, 5) is 0. The predicted octanol–water partition coefficient (Wildman–Crippen LogP) is 7.49. The van der Waals surface area contributed by atoms with Crippen LogP contribution in [0.3, 0.4) is 0 Å². The molecule has 0 heterocycles. The molecule has 0 spiro atoms. The zero-order chi connectivity index (χ0) is 24.9. The Bertz CT molecular complexity index is 703. The molecule has 196 valence electrons. The average molecular weight is 475 g/mol. The summed E-state index contributed by atoms with van der Waals surface area (Å²) < 4.78 is 0. The molecule has 3 fully saturated rings. The third-order valence-corrected chi connectivity index (χ3v) is 9.54. The molecule has 0 saturated heterocycles. The molecule has 0 amide bonds. The van der Waals surface area contributed by atoms with Crippen LogP contribution in [0.2, 0.25) is 0 Å². The van der Waals surface area contributed by atoms with Gasteiger partial charge in [-0.25, -0.2) is 0 Å². The van der Waals surface area contributed by atoms with E-state index in [1.54, 1.807) is 5.57 Å². The Morgan fingerprint density at radius 1 is 1.12 bits per heavy atom. The molecule has 0 aromatic carbocycles. The van der Waals surface area contributed by atoms with E-state index in [0.29, 0.717) is 23.7 Å². The van der Waals surface area contributed by atoms with Gasteiger partial charge in [-0.2, -0.15) is 0 Å². The van der Waals surface area contributed by atoms with E-state index in [0.717, 1.165) is 38.0 Å². The van der Waals surface area contributed by atoms with Crippen LogP contribution in [0.1, 0.15) is 131 Å².